The summed E-state index contributed by atoms with van der Waals surface area (Å²) in [5.41, 5.74) is 11.0. The summed E-state index contributed by atoms with van der Waals surface area (Å²) in [5, 5.41) is 6.17. The highest BCUT2D eigenvalue weighted by Crippen LogP contribution is 2.32. The fraction of sp³-hybridized carbons (Fsp3) is 0.0952. The molecule has 27 heavy (non-hydrogen) atoms. The van der Waals surface area contributed by atoms with E-state index in [0.717, 1.165) is 32.7 Å². The van der Waals surface area contributed by atoms with Gasteiger partial charge in [-0.1, -0.05) is 28.1 Å². The number of carbonyl (C=O) groups is 1. The van der Waals surface area contributed by atoms with Crippen molar-refractivity contribution in [3.05, 3.63) is 65.1 Å². The number of nitrogen functional groups attached to an aromatic ring is 1. The van der Waals surface area contributed by atoms with Crippen molar-refractivity contribution >= 4 is 44.6 Å². The quantitative estimate of drug-likeness (QED) is 0.477. The van der Waals surface area contributed by atoms with Gasteiger partial charge in [0.05, 0.1) is 18.5 Å². The molecule has 5 nitrogen and oxygen atoms in total. The molecule has 0 spiro atoms. The molecule has 0 bridgehead atoms. The number of halogens is 1. The number of ether oxygens (including phenoxy) is 1. The van der Waals surface area contributed by atoms with E-state index < -0.39 is 0 Å². The van der Waals surface area contributed by atoms with Gasteiger partial charge in [0, 0.05) is 22.8 Å². The Balaban J connectivity index is 2.00. The van der Waals surface area contributed by atoms with E-state index in [2.05, 4.69) is 26.6 Å². The first-order chi connectivity index (χ1) is 12.9. The first-order valence-corrected chi connectivity index (χ1v) is 9.13. The van der Waals surface area contributed by atoms with Crippen molar-refractivity contribution in [1.82, 2.24) is 0 Å². The predicted molar refractivity (Wildman–Crippen MR) is 115 cm³/mol. The summed E-state index contributed by atoms with van der Waals surface area (Å²) in [7, 11) is 1.64. The first kappa shape index (κ1) is 18.8. The molecule has 0 heterocycles. The third kappa shape index (κ3) is 4.80. The summed E-state index contributed by atoms with van der Waals surface area (Å²) in [4.78, 5) is 11.5. The normalized spacial score (nSPS) is 10.3. The fourth-order valence-electron chi connectivity index (χ4n) is 2.73. The maximum atomic E-state index is 11.5. The van der Waals surface area contributed by atoms with Crippen molar-refractivity contribution < 1.29 is 9.53 Å². The van der Waals surface area contributed by atoms with E-state index in [1.165, 1.54) is 6.92 Å². The number of nitrogens with two attached hydrogens (primary N) is 1. The molecule has 3 aromatic rings. The van der Waals surface area contributed by atoms with Crippen LogP contribution in [0.1, 0.15) is 6.92 Å². The fourth-order valence-corrected chi connectivity index (χ4v) is 3.11. The number of hydrogen-bond acceptors (Lipinski definition) is 4. The molecule has 6 heteroatoms. The second-order valence-corrected chi connectivity index (χ2v) is 6.98. The molecule has 0 aliphatic heterocycles. The molecule has 0 aliphatic carbocycles. The second-order valence-electron chi connectivity index (χ2n) is 6.07. The lowest BCUT2D eigenvalue weighted by atomic mass is 10.0. The maximum absolute atomic E-state index is 11.5. The van der Waals surface area contributed by atoms with Gasteiger partial charge >= 0.3 is 0 Å². The van der Waals surface area contributed by atoms with Gasteiger partial charge in [-0.25, -0.2) is 0 Å². The number of amides is 1. The van der Waals surface area contributed by atoms with E-state index >= 15 is 0 Å². The lowest BCUT2D eigenvalue weighted by Crippen LogP contribution is -2.06. The number of nitrogens with one attached hydrogen (secondary N) is 2. The van der Waals surface area contributed by atoms with E-state index in [1.54, 1.807) is 7.11 Å². The number of anilines is 4. The minimum atomic E-state index is -0.129. The van der Waals surface area contributed by atoms with Crippen molar-refractivity contribution in [2.24, 2.45) is 0 Å². The Morgan fingerprint density at radius 3 is 2.30 bits per heavy atom. The van der Waals surface area contributed by atoms with Crippen LogP contribution in [0.4, 0.5) is 22.7 Å². The van der Waals surface area contributed by atoms with E-state index in [9.17, 15) is 4.79 Å². The van der Waals surface area contributed by atoms with Gasteiger partial charge in [-0.2, -0.15) is 0 Å². The number of carbonyl (C=O) groups excluding carboxylic acids is 1. The van der Waals surface area contributed by atoms with Gasteiger partial charge in [0.2, 0.25) is 5.91 Å². The Morgan fingerprint density at radius 1 is 0.963 bits per heavy atom. The van der Waals surface area contributed by atoms with Crippen LogP contribution < -0.4 is 21.1 Å². The summed E-state index contributed by atoms with van der Waals surface area (Å²) in [6.45, 7) is 1.49. The molecule has 3 aromatic carbocycles. The van der Waals surface area contributed by atoms with Gasteiger partial charge in [-0.15, -0.1) is 0 Å². The van der Waals surface area contributed by atoms with Crippen molar-refractivity contribution in [3.63, 3.8) is 0 Å². The second kappa shape index (κ2) is 8.14. The maximum Gasteiger partial charge on any atom is 0.221 e. The van der Waals surface area contributed by atoms with Crippen LogP contribution in [-0.4, -0.2) is 13.0 Å². The lowest BCUT2D eigenvalue weighted by Gasteiger charge is -2.14. The summed E-state index contributed by atoms with van der Waals surface area (Å²) in [5.74, 6) is 0.661. The van der Waals surface area contributed by atoms with Crippen molar-refractivity contribution in [2.45, 2.75) is 6.92 Å². The van der Waals surface area contributed by atoms with Crippen LogP contribution >= 0.6 is 15.9 Å². The van der Waals surface area contributed by atoms with Crippen LogP contribution in [0.2, 0.25) is 0 Å². The lowest BCUT2D eigenvalue weighted by molar-refractivity contribution is -0.114. The largest absolute Gasteiger partial charge is 0.497 e. The van der Waals surface area contributed by atoms with E-state index in [0.29, 0.717) is 11.4 Å². The zero-order chi connectivity index (χ0) is 19.4. The average Bonchev–Trinajstić information content (AvgIpc) is 2.63. The molecule has 0 aromatic heterocycles. The summed E-state index contributed by atoms with van der Waals surface area (Å²) in [6, 6.07) is 19.2. The molecule has 1 amide bonds. The minimum absolute atomic E-state index is 0.129. The number of rotatable bonds is 5. The minimum Gasteiger partial charge on any atom is -0.497 e. The molecule has 3 rings (SSSR count). The van der Waals surface area contributed by atoms with Gasteiger partial charge < -0.3 is 21.1 Å². The molecule has 0 saturated heterocycles. The smallest absolute Gasteiger partial charge is 0.221 e. The Kier molecular flexibility index (Phi) is 5.66. The highest BCUT2D eigenvalue weighted by molar-refractivity contribution is 9.10. The third-order valence-corrected chi connectivity index (χ3v) is 4.46. The van der Waals surface area contributed by atoms with Crippen molar-refractivity contribution in [1.29, 1.82) is 0 Å². The van der Waals surface area contributed by atoms with Crippen LogP contribution in [0, 0.1) is 0 Å². The Hall–Kier alpha value is -2.99. The highest BCUT2D eigenvalue weighted by Gasteiger charge is 2.07. The van der Waals surface area contributed by atoms with Gasteiger partial charge in [0.15, 0.2) is 0 Å². The van der Waals surface area contributed by atoms with Gasteiger partial charge in [0.1, 0.15) is 5.75 Å². The van der Waals surface area contributed by atoms with Crippen LogP contribution in [0.3, 0.4) is 0 Å². The van der Waals surface area contributed by atoms with Crippen LogP contribution in [0.5, 0.6) is 5.75 Å². The third-order valence-electron chi connectivity index (χ3n) is 3.97. The molecule has 0 unspecified atom stereocenters. The summed E-state index contributed by atoms with van der Waals surface area (Å²) in [6.07, 6.45) is 0. The monoisotopic (exact) mass is 425 g/mol. The topological polar surface area (TPSA) is 76.4 Å². The van der Waals surface area contributed by atoms with Gasteiger partial charge in [-0.3, -0.25) is 4.79 Å². The van der Waals surface area contributed by atoms with Crippen LogP contribution in [-0.2, 0) is 4.79 Å². The molecule has 0 radical (unpaired) electrons. The summed E-state index contributed by atoms with van der Waals surface area (Å²) < 4.78 is 6.13. The summed E-state index contributed by atoms with van der Waals surface area (Å²) >= 11 is 3.41. The number of methoxy groups -OCH3 is 1. The average molecular weight is 426 g/mol. The first-order valence-electron chi connectivity index (χ1n) is 8.34. The molecular formula is C21H20BrN3O2. The highest BCUT2D eigenvalue weighted by atomic mass is 79.9. The molecule has 0 saturated carbocycles. The van der Waals surface area contributed by atoms with Gasteiger partial charge in [-0.05, 0) is 59.7 Å². The van der Waals surface area contributed by atoms with Gasteiger partial charge in [0.25, 0.3) is 0 Å². The number of hydrogen-bond donors (Lipinski definition) is 3. The predicted octanol–water partition coefficient (Wildman–Crippen LogP) is 5.41. The van der Waals surface area contributed by atoms with E-state index in [-0.39, 0.29) is 5.91 Å². The van der Waals surface area contributed by atoms with Crippen LogP contribution in [0.15, 0.2) is 65.1 Å². The Morgan fingerprint density at radius 2 is 1.67 bits per heavy atom. The van der Waals surface area contributed by atoms with Crippen molar-refractivity contribution in [2.75, 3.05) is 23.5 Å². The molecule has 0 atom stereocenters. The molecule has 138 valence electrons. The molecule has 4 N–H and O–H groups in total. The zero-order valence-corrected chi connectivity index (χ0v) is 16.6. The zero-order valence-electron chi connectivity index (χ0n) is 15.0. The van der Waals surface area contributed by atoms with Crippen molar-refractivity contribution in [3.8, 4) is 16.9 Å². The SMILES string of the molecule is COc1ccc(-c2cc(NC(C)=O)cc(Nc3ccc(Br)cc3N)c2)cc1. The Bertz CT molecular complexity index is 972. The van der Waals surface area contributed by atoms with Crippen LogP contribution in [0.25, 0.3) is 11.1 Å². The molecular weight excluding hydrogens is 406 g/mol. The molecule has 0 aliphatic rings. The van der Waals surface area contributed by atoms with E-state index in [4.69, 9.17) is 10.5 Å². The van der Waals surface area contributed by atoms with E-state index in [1.807, 2.05) is 60.7 Å². The standard InChI is InChI=1S/C21H20BrN3O2/c1-13(26)24-17-9-15(14-3-6-19(27-2)7-4-14)10-18(12-17)25-21-8-5-16(22)11-20(21)23/h3-12,25H,23H2,1-2H3,(H,24,26). The number of benzene rings is 3. The molecule has 0 fully saturated rings. The Labute approximate surface area is 166 Å².